The van der Waals surface area contributed by atoms with Gasteiger partial charge in [0.2, 0.25) is 0 Å². The smallest absolute Gasteiger partial charge is 0.0995 e. The van der Waals surface area contributed by atoms with Crippen LogP contribution in [0.2, 0.25) is 0 Å². The first kappa shape index (κ1) is 5.24. The Bertz CT molecular complexity index is 182. The maximum atomic E-state index is 9.90. The molecular weight excluding hydrogens is 126 g/mol. The molecule has 0 unspecified atom stereocenters. The van der Waals surface area contributed by atoms with Crippen molar-refractivity contribution in [1.82, 2.24) is 4.37 Å². The summed E-state index contributed by atoms with van der Waals surface area (Å²) in [6, 6.07) is 1.40. The SMILES string of the molecule is O=C([O-])c1ccsn1. The zero-order chi connectivity index (χ0) is 5.98. The summed E-state index contributed by atoms with van der Waals surface area (Å²) in [5.41, 5.74) is 0.00926. The van der Waals surface area contributed by atoms with Crippen LogP contribution in [0.5, 0.6) is 0 Å². The number of aromatic nitrogens is 1. The summed E-state index contributed by atoms with van der Waals surface area (Å²) < 4.78 is 3.50. The second kappa shape index (κ2) is 1.92. The van der Waals surface area contributed by atoms with E-state index in [0.717, 1.165) is 11.5 Å². The Labute approximate surface area is 49.8 Å². The van der Waals surface area contributed by atoms with Crippen molar-refractivity contribution < 1.29 is 9.90 Å². The first-order valence-electron chi connectivity index (χ1n) is 1.92. The molecule has 0 N–H and O–H groups in total. The molecule has 0 amide bonds. The Balaban J connectivity index is 2.93. The minimum atomic E-state index is -1.22. The molecule has 0 bridgehead atoms. The molecule has 42 valence electrons. The van der Waals surface area contributed by atoms with Crippen molar-refractivity contribution >= 4 is 17.5 Å². The highest BCUT2D eigenvalue weighted by molar-refractivity contribution is 7.03. The average molecular weight is 128 g/mol. The van der Waals surface area contributed by atoms with E-state index in [0.29, 0.717) is 0 Å². The first-order valence-corrected chi connectivity index (χ1v) is 2.76. The average Bonchev–Trinajstić information content (AvgIpc) is 2.12. The zero-order valence-corrected chi connectivity index (χ0v) is 4.64. The van der Waals surface area contributed by atoms with Crippen molar-refractivity contribution in [2.24, 2.45) is 0 Å². The van der Waals surface area contributed by atoms with Crippen LogP contribution < -0.4 is 5.11 Å². The second-order valence-corrected chi connectivity index (χ2v) is 1.84. The quantitative estimate of drug-likeness (QED) is 0.512. The van der Waals surface area contributed by atoms with Gasteiger partial charge in [-0.3, -0.25) is 0 Å². The largest absolute Gasteiger partial charge is 0.543 e. The second-order valence-electron chi connectivity index (χ2n) is 1.17. The lowest BCUT2D eigenvalue weighted by Gasteiger charge is -1.90. The van der Waals surface area contributed by atoms with E-state index in [4.69, 9.17) is 0 Å². The maximum absolute atomic E-state index is 9.90. The van der Waals surface area contributed by atoms with Crippen LogP contribution in [0.1, 0.15) is 10.5 Å². The van der Waals surface area contributed by atoms with Gasteiger partial charge in [0.1, 0.15) is 0 Å². The van der Waals surface area contributed by atoms with Crippen LogP contribution in [0.4, 0.5) is 0 Å². The number of carboxylic acid groups (broad SMARTS) is 1. The monoisotopic (exact) mass is 128 g/mol. The van der Waals surface area contributed by atoms with Crippen LogP contribution in [0, 0.1) is 0 Å². The molecule has 1 aromatic heterocycles. The van der Waals surface area contributed by atoms with E-state index in [9.17, 15) is 9.90 Å². The Kier molecular flexibility index (Phi) is 1.26. The predicted octanol–water partition coefficient (Wildman–Crippen LogP) is -0.493. The van der Waals surface area contributed by atoms with Gasteiger partial charge < -0.3 is 9.90 Å². The number of carbonyl (C=O) groups excluding carboxylic acids is 1. The highest BCUT2D eigenvalue weighted by Crippen LogP contribution is 1.96. The van der Waals surface area contributed by atoms with Gasteiger partial charge in [0.25, 0.3) is 0 Å². The molecule has 0 aliphatic carbocycles. The standard InChI is InChI=1S/C4H3NO2S/c6-4(7)3-1-2-8-5-3/h1-2H,(H,6,7)/p-1. The number of rotatable bonds is 1. The Morgan fingerprint density at radius 2 is 2.62 bits per heavy atom. The van der Waals surface area contributed by atoms with E-state index in [1.165, 1.54) is 6.07 Å². The summed E-state index contributed by atoms with van der Waals surface area (Å²) in [6.45, 7) is 0. The van der Waals surface area contributed by atoms with Gasteiger partial charge in [-0.2, -0.15) is 4.37 Å². The van der Waals surface area contributed by atoms with Crippen molar-refractivity contribution in [3.05, 3.63) is 17.1 Å². The van der Waals surface area contributed by atoms with E-state index in [2.05, 4.69) is 4.37 Å². The molecule has 0 aliphatic rings. The fraction of sp³-hybridized carbons (Fsp3) is 0. The highest BCUT2D eigenvalue weighted by Gasteiger charge is 1.90. The number of aromatic carboxylic acids is 1. The molecule has 1 heterocycles. The number of hydrogen-bond donors (Lipinski definition) is 0. The molecule has 8 heavy (non-hydrogen) atoms. The lowest BCUT2D eigenvalue weighted by atomic mass is 10.5. The molecular formula is C4H2NO2S-. The van der Waals surface area contributed by atoms with E-state index < -0.39 is 5.97 Å². The minimum absolute atomic E-state index is 0.00926. The highest BCUT2D eigenvalue weighted by atomic mass is 32.1. The number of carboxylic acids is 1. The van der Waals surface area contributed by atoms with Crippen LogP contribution in [0.3, 0.4) is 0 Å². The van der Waals surface area contributed by atoms with E-state index in [1.807, 2.05) is 0 Å². The number of carbonyl (C=O) groups is 1. The van der Waals surface area contributed by atoms with Gasteiger partial charge >= 0.3 is 0 Å². The maximum Gasteiger partial charge on any atom is 0.0995 e. The van der Waals surface area contributed by atoms with Crippen LogP contribution >= 0.6 is 11.5 Å². The number of hydrogen-bond acceptors (Lipinski definition) is 4. The zero-order valence-electron chi connectivity index (χ0n) is 3.83. The third-order valence-electron chi connectivity index (χ3n) is 0.647. The van der Waals surface area contributed by atoms with Crippen LogP contribution in [-0.4, -0.2) is 10.3 Å². The lowest BCUT2D eigenvalue weighted by molar-refractivity contribution is -0.255. The van der Waals surface area contributed by atoms with Crippen molar-refractivity contribution in [2.75, 3.05) is 0 Å². The topological polar surface area (TPSA) is 53.0 Å². The molecule has 0 radical (unpaired) electrons. The summed E-state index contributed by atoms with van der Waals surface area (Å²) in [5.74, 6) is -1.22. The lowest BCUT2D eigenvalue weighted by Crippen LogP contribution is -2.22. The molecule has 1 rings (SSSR count). The van der Waals surface area contributed by atoms with Crippen molar-refractivity contribution in [1.29, 1.82) is 0 Å². The first-order chi connectivity index (χ1) is 3.80. The van der Waals surface area contributed by atoms with Gasteiger partial charge in [-0.25, -0.2) is 0 Å². The summed E-state index contributed by atoms with van der Waals surface area (Å²) in [7, 11) is 0. The van der Waals surface area contributed by atoms with E-state index in [-0.39, 0.29) is 5.69 Å². The molecule has 0 saturated carbocycles. The van der Waals surface area contributed by atoms with E-state index in [1.54, 1.807) is 5.38 Å². The fourth-order valence-corrected chi connectivity index (χ4v) is 0.817. The summed E-state index contributed by atoms with van der Waals surface area (Å²) in [4.78, 5) is 9.90. The summed E-state index contributed by atoms with van der Waals surface area (Å²) >= 11 is 1.10. The van der Waals surface area contributed by atoms with Crippen LogP contribution in [0.25, 0.3) is 0 Å². The normalized spacial score (nSPS) is 9.00. The van der Waals surface area contributed by atoms with Crippen molar-refractivity contribution in [2.45, 2.75) is 0 Å². The minimum Gasteiger partial charge on any atom is -0.543 e. The van der Waals surface area contributed by atoms with Crippen molar-refractivity contribution in [3.8, 4) is 0 Å². The van der Waals surface area contributed by atoms with Gasteiger partial charge in [0.15, 0.2) is 0 Å². The van der Waals surface area contributed by atoms with E-state index >= 15 is 0 Å². The molecule has 4 heteroatoms. The number of nitrogens with zero attached hydrogens (tertiary/aromatic N) is 1. The Morgan fingerprint density at radius 1 is 1.88 bits per heavy atom. The van der Waals surface area contributed by atoms with Gasteiger partial charge in [-0.1, -0.05) is 0 Å². The molecule has 1 aromatic rings. The Hall–Kier alpha value is -0.900. The summed E-state index contributed by atoms with van der Waals surface area (Å²) in [5, 5.41) is 11.5. The van der Waals surface area contributed by atoms with Gasteiger partial charge in [-0.15, -0.1) is 0 Å². The molecule has 0 spiro atoms. The molecule has 0 atom stereocenters. The molecule has 0 aliphatic heterocycles. The fourth-order valence-electron chi connectivity index (χ4n) is 0.318. The van der Waals surface area contributed by atoms with Gasteiger partial charge in [0.05, 0.1) is 11.7 Å². The third-order valence-corrected chi connectivity index (χ3v) is 1.21. The molecule has 3 nitrogen and oxygen atoms in total. The molecule has 0 saturated heterocycles. The molecule has 0 aromatic carbocycles. The van der Waals surface area contributed by atoms with Gasteiger partial charge in [-0.05, 0) is 17.6 Å². The predicted molar refractivity (Wildman–Crippen MR) is 26.4 cm³/mol. The third kappa shape index (κ3) is 0.840. The van der Waals surface area contributed by atoms with Crippen molar-refractivity contribution in [3.63, 3.8) is 0 Å². The summed E-state index contributed by atoms with van der Waals surface area (Å²) in [6.07, 6.45) is 0. The Morgan fingerprint density at radius 3 is 2.88 bits per heavy atom. The van der Waals surface area contributed by atoms with Gasteiger partial charge in [0, 0.05) is 5.38 Å². The van der Waals surface area contributed by atoms with Crippen LogP contribution in [-0.2, 0) is 0 Å². The molecule has 0 fully saturated rings. The van der Waals surface area contributed by atoms with Crippen LogP contribution in [0.15, 0.2) is 11.4 Å².